The van der Waals surface area contributed by atoms with E-state index in [0.29, 0.717) is 0 Å². The second kappa shape index (κ2) is 3.91. The van der Waals surface area contributed by atoms with E-state index >= 15 is 0 Å². The fourth-order valence-corrected chi connectivity index (χ4v) is 2.13. The van der Waals surface area contributed by atoms with Gasteiger partial charge in [0.05, 0.1) is 6.42 Å². The average molecular weight is 343 g/mol. The Kier molecular flexibility index (Phi) is 3.34. The van der Waals surface area contributed by atoms with Gasteiger partial charge in [-0.05, 0) is 0 Å². The largest absolute Gasteiger partial charge is 0.481 e. The predicted molar refractivity (Wildman–Crippen MR) is 59.7 cm³/mol. The lowest BCUT2D eigenvalue weighted by Gasteiger charge is -2.26. The summed E-state index contributed by atoms with van der Waals surface area (Å²) in [7, 11) is 0. The summed E-state index contributed by atoms with van der Waals surface area (Å²) in [6.07, 6.45) is 7.83. The first-order valence-electron chi connectivity index (χ1n) is 3.48. The summed E-state index contributed by atoms with van der Waals surface area (Å²) in [6, 6.07) is 0. The molecule has 0 bridgehead atoms. The van der Waals surface area contributed by atoms with E-state index < -0.39 is 5.97 Å². The first-order valence-corrected chi connectivity index (χ1v) is 5.35. The quantitative estimate of drug-likeness (QED) is 0.619. The first-order chi connectivity index (χ1) is 5.52. The van der Waals surface area contributed by atoms with Gasteiger partial charge < -0.3 is 5.11 Å². The number of aliphatic carboxylic acids is 1. The van der Waals surface area contributed by atoms with E-state index in [4.69, 9.17) is 5.11 Å². The van der Waals surface area contributed by atoms with Gasteiger partial charge in [0, 0.05) is 5.92 Å². The van der Waals surface area contributed by atoms with Crippen molar-refractivity contribution in [3.8, 4) is 0 Å². The zero-order chi connectivity index (χ0) is 9.19. The van der Waals surface area contributed by atoms with Gasteiger partial charge in [-0.15, -0.1) is 0 Å². The maximum Gasteiger partial charge on any atom is 0.304 e. The Morgan fingerprint density at radius 2 is 2.33 bits per heavy atom. The molecule has 2 unspecified atom stereocenters. The van der Waals surface area contributed by atoms with Gasteiger partial charge in [0.2, 0.25) is 0 Å². The molecule has 0 aromatic carbocycles. The third kappa shape index (κ3) is 2.58. The fraction of sp³-hybridized carbons (Fsp3) is 0.375. The number of allylic oxidation sites excluding steroid dienone is 4. The van der Waals surface area contributed by atoms with E-state index in [9.17, 15) is 4.79 Å². The zero-order valence-corrected chi connectivity index (χ0v) is 9.95. The molecule has 1 rings (SSSR count). The maximum absolute atomic E-state index is 10.5. The van der Waals surface area contributed by atoms with Gasteiger partial charge in [-0.3, -0.25) is 4.79 Å². The van der Waals surface area contributed by atoms with E-state index in [0.717, 1.165) is 0 Å². The number of halogens is 2. The smallest absolute Gasteiger partial charge is 0.304 e. The highest BCUT2D eigenvalue weighted by molar-refractivity contribution is 14.1. The summed E-state index contributed by atoms with van der Waals surface area (Å²) in [4.78, 5) is 10.5. The highest BCUT2D eigenvalue weighted by Crippen LogP contribution is 2.41. The number of carbonyl (C=O) groups is 1. The molecule has 0 aromatic heterocycles. The van der Waals surface area contributed by atoms with Crippen molar-refractivity contribution in [1.29, 1.82) is 0 Å². The lowest BCUT2D eigenvalue weighted by molar-refractivity contribution is -0.137. The average Bonchev–Trinajstić information content (AvgIpc) is 1.92. The van der Waals surface area contributed by atoms with Crippen LogP contribution in [0.15, 0.2) is 24.3 Å². The number of carboxylic acid groups (broad SMARTS) is 1. The molecular formula is C8H8BrIO2. The third-order valence-corrected chi connectivity index (χ3v) is 3.67. The van der Waals surface area contributed by atoms with Crippen LogP contribution in [0, 0.1) is 5.92 Å². The molecule has 0 spiro atoms. The lowest BCUT2D eigenvalue weighted by Crippen LogP contribution is -2.24. The van der Waals surface area contributed by atoms with E-state index in [2.05, 4.69) is 38.5 Å². The van der Waals surface area contributed by atoms with Crippen LogP contribution < -0.4 is 0 Å². The van der Waals surface area contributed by atoms with Crippen molar-refractivity contribution in [2.75, 3.05) is 0 Å². The summed E-state index contributed by atoms with van der Waals surface area (Å²) in [5, 5.41) is 8.62. The van der Waals surface area contributed by atoms with Crippen molar-refractivity contribution < 1.29 is 9.90 Å². The second-order valence-corrected chi connectivity index (χ2v) is 7.20. The number of rotatable bonds is 2. The normalized spacial score (nSPS) is 33.7. The molecule has 0 fully saturated rings. The van der Waals surface area contributed by atoms with Crippen molar-refractivity contribution in [2.45, 2.75) is 8.75 Å². The third-order valence-electron chi connectivity index (χ3n) is 1.66. The van der Waals surface area contributed by atoms with E-state index in [1.54, 1.807) is 0 Å². The molecule has 2 atom stereocenters. The summed E-state index contributed by atoms with van der Waals surface area (Å²) >= 11 is 5.67. The highest BCUT2D eigenvalue weighted by Gasteiger charge is 2.31. The number of alkyl halides is 2. The Balaban J connectivity index is 2.70. The Bertz CT molecular complexity index is 245. The Hall–Kier alpha value is 0.160. The maximum atomic E-state index is 10.5. The lowest BCUT2D eigenvalue weighted by atomic mass is 9.97. The van der Waals surface area contributed by atoms with Crippen LogP contribution >= 0.6 is 38.5 Å². The molecule has 0 amide bonds. The fourth-order valence-electron chi connectivity index (χ4n) is 1.03. The van der Waals surface area contributed by atoms with Crippen LogP contribution in [0.5, 0.6) is 0 Å². The summed E-state index contributed by atoms with van der Waals surface area (Å²) in [6.45, 7) is 0. The van der Waals surface area contributed by atoms with Crippen LogP contribution in [0.2, 0.25) is 0 Å². The molecule has 1 N–H and O–H groups in total. The van der Waals surface area contributed by atoms with Crippen LogP contribution in [0.3, 0.4) is 0 Å². The van der Waals surface area contributed by atoms with Gasteiger partial charge in [0.15, 0.2) is 0 Å². The summed E-state index contributed by atoms with van der Waals surface area (Å²) in [5.41, 5.74) is 0. The van der Waals surface area contributed by atoms with Crippen LogP contribution in [0.4, 0.5) is 0 Å². The first kappa shape index (κ1) is 10.2. The van der Waals surface area contributed by atoms with Crippen LogP contribution in [0.1, 0.15) is 6.42 Å². The molecule has 66 valence electrons. The number of carboxylic acids is 1. The number of hydrogen-bond acceptors (Lipinski definition) is 1. The van der Waals surface area contributed by atoms with Crippen molar-refractivity contribution in [3.05, 3.63) is 24.3 Å². The van der Waals surface area contributed by atoms with E-state index in [1.165, 1.54) is 0 Å². The molecule has 0 saturated heterocycles. The van der Waals surface area contributed by atoms with Gasteiger partial charge in [-0.1, -0.05) is 62.8 Å². The molecule has 12 heavy (non-hydrogen) atoms. The monoisotopic (exact) mass is 342 g/mol. The van der Waals surface area contributed by atoms with Crippen LogP contribution in [0.25, 0.3) is 0 Å². The molecule has 0 saturated carbocycles. The van der Waals surface area contributed by atoms with E-state index in [-0.39, 0.29) is 14.7 Å². The second-order valence-electron chi connectivity index (χ2n) is 2.62. The molecule has 2 nitrogen and oxygen atoms in total. The predicted octanol–water partition coefficient (Wildman–Crippen LogP) is 2.73. The molecule has 0 aliphatic heterocycles. The Morgan fingerprint density at radius 1 is 1.67 bits per heavy atom. The molecule has 4 heteroatoms. The van der Waals surface area contributed by atoms with E-state index in [1.807, 2.05) is 24.3 Å². The Labute approximate surface area is 93.0 Å². The van der Waals surface area contributed by atoms with Gasteiger partial charge in [-0.25, -0.2) is 0 Å². The molecule has 0 radical (unpaired) electrons. The van der Waals surface area contributed by atoms with Crippen molar-refractivity contribution in [2.24, 2.45) is 5.92 Å². The standard InChI is InChI=1S/C8H8BrIO2/c9-8(10)4-2-1-3-6(8)5-7(11)12/h1-4,6H,5H2,(H,11,12). The zero-order valence-electron chi connectivity index (χ0n) is 6.21. The molecule has 0 aromatic rings. The van der Waals surface area contributed by atoms with Gasteiger partial charge in [0.25, 0.3) is 0 Å². The van der Waals surface area contributed by atoms with Crippen molar-refractivity contribution >= 4 is 44.5 Å². The number of hydrogen-bond donors (Lipinski definition) is 1. The highest BCUT2D eigenvalue weighted by atomic mass is 127. The van der Waals surface area contributed by atoms with Crippen LogP contribution in [-0.2, 0) is 4.79 Å². The Morgan fingerprint density at radius 3 is 2.83 bits per heavy atom. The van der Waals surface area contributed by atoms with Gasteiger partial charge in [0.1, 0.15) is 2.33 Å². The minimum absolute atomic E-state index is 0.0283. The summed E-state index contributed by atoms with van der Waals surface area (Å²) in [5.74, 6) is -0.735. The van der Waals surface area contributed by atoms with Crippen molar-refractivity contribution in [3.63, 3.8) is 0 Å². The molecule has 0 heterocycles. The van der Waals surface area contributed by atoms with Crippen molar-refractivity contribution in [1.82, 2.24) is 0 Å². The summed E-state index contributed by atoms with van der Waals surface area (Å²) < 4.78 is -0.238. The topological polar surface area (TPSA) is 37.3 Å². The molecule has 1 aliphatic carbocycles. The SMILES string of the molecule is O=C(O)CC1C=CC=CC1(Br)I. The van der Waals surface area contributed by atoms with Gasteiger partial charge in [-0.2, -0.15) is 0 Å². The van der Waals surface area contributed by atoms with Gasteiger partial charge >= 0.3 is 5.97 Å². The minimum Gasteiger partial charge on any atom is -0.481 e. The molecular weight excluding hydrogens is 335 g/mol. The minimum atomic E-state index is -0.763. The van der Waals surface area contributed by atoms with Crippen LogP contribution in [-0.4, -0.2) is 13.4 Å². The molecule has 1 aliphatic rings.